The van der Waals surface area contributed by atoms with Crippen LogP contribution in [-0.4, -0.2) is 29.8 Å². The third-order valence-corrected chi connectivity index (χ3v) is 3.55. The lowest BCUT2D eigenvalue weighted by Crippen LogP contribution is -2.25. The Labute approximate surface area is 126 Å². The first kappa shape index (κ1) is 15.3. The maximum absolute atomic E-state index is 9.07. The Bertz CT molecular complexity index is 527. The third kappa shape index (κ3) is 4.20. The van der Waals surface area contributed by atoms with Crippen LogP contribution in [-0.2, 0) is 0 Å². The van der Waals surface area contributed by atoms with Crippen molar-refractivity contribution < 1.29 is 5.11 Å². The first-order valence-electron chi connectivity index (χ1n) is 7.37. The summed E-state index contributed by atoms with van der Waals surface area (Å²) in [5, 5.41) is 12.5. The number of rotatable bonds is 7. The van der Waals surface area contributed by atoms with Gasteiger partial charge in [0.2, 0.25) is 0 Å². The highest BCUT2D eigenvalue weighted by Crippen LogP contribution is 2.21. The number of hydrogen-bond acceptors (Lipinski definition) is 4. The molecule has 0 aliphatic heterocycles. The molecule has 0 bridgehead atoms. The van der Waals surface area contributed by atoms with Crippen LogP contribution in [0.4, 0.5) is 11.4 Å². The maximum Gasteiger partial charge on any atom is 0.0606 e. The van der Waals surface area contributed by atoms with E-state index in [9.17, 15) is 0 Å². The van der Waals surface area contributed by atoms with E-state index in [4.69, 9.17) is 5.11 Å². The number of anilines is 2. The van der Waals surface area contributed by atoms with Gasteiger partial charge in [-0.15, -0.1) is 0 Å². The Morgan fingerprint density at radius 2 is 2.00 bits per heavy atom. The second kappa shape index (κ2) is 7.64. The molecule has 1 aromatic heterocycles. The molecule has 4 nitrogen and oxygen atoms in total. The first-order chi connectivity index (χ1) is 10.2. The van der Waals surface area contributed by atoms with E-state index < -0.39 is 0 Å². The predicted molar refractivity (Wildman–Crippen MR) is 87.7 cm³/mol. The van der Waals surface area contributed by atoms with Gasteiger partial charge in [0, 0.05) is 36.9 Å². The third-order valence-electron chi connectivity index (χ3n) is 3.55. The summed E-state index contributed by atoms with van der Waals surface area (Å²) in [7, 11) is 0. The molecule has 0 amide bonds. The zero-order chi connectivity index (χ0) is 15.1. The van der Waals surface area contributed by atoms with Gasteiger partial charge in [-0.2, -0.15) is 0 Å². The Hall–Kier alpha value is -2.07. The van der Waals surface area contributed by atoms with Gasteiger partial charge in [-0.25, -0.2) is 0 Å². The highest BCUT2D eigenvalue weighted by atomic mass is 16.3. The van der Waals surface area contributed by atoms with Crippen LogP contribution in [0.5, 0.6) is 0 Å². The molecule has 2 aromatic rings. The number of aliphatic hydroxyl groups is 1. The highest BCUT2D eigenvalue weighted by Gasteiger charge is 2.06. The van der Waals surface area contributed by atoms with Gasteiger partial charge >= 0.3 is 0 Å². The van der Waals surface area contributed by atoms with Crippen LogP contribution in [0.2, 0.25) is 0 Å². The van der Waals surface area contributed by atoms with Crippen LogP contribution in [0, 0.1) is 0 Å². The van der Waals surface area contributed by atoms with Crippen molar-refractivity contribution >= 4 is 11.4 Å². The van der Waals surface area contributed by atoms with Crippen molar-refractivity contribution in [3.63, 3.8) is 0 Å². The summed E-state index contributed by atoms with van der Waals surface area (Å²) in [6, 6.07) is 12.5. The minimum absolute atomic E-state index is 0.173. The molecule has 0 saturated carbocycles. The Morgan fingerprint density at radius 3 is 2.57 bits per heavy atom. The molecule has 112 valence electrons. The quantitative estimate of drug-likeness (QED) is 0.821. The lowest BCUT2D eigenvalue weighted by atomic mass is 10.1. The first-order valence-corrected chi connectivity index (χ1v) is 7.37. The van der Waals surface area contributed by atoms with Gasteiger partial charge in [-0.1, -0.05) is 6.07 Å². The summed E-state index contributed by atoms with van der Waals surface area (Å²) < 4.78 is 0. The molecule has 2 N–H and O–H groups in total. The fraction of sp³-hybridized carbons (Fsp3) is 0.353. The van der Waals surface area contributed by atoms with Crippen LogP contribution < -0.4 is 10.2 Å². The van der Waals surface area contributed by atoms with Crippen LogP contribution >= 0.6 is 0 Å². The van der Waals surface area contributed by atoms with Gasteiger partial charge in [-0.3, -0.25) is 4.98 Å². The summed E-state index contributed by atoms with van der Waals surface area (Å²) >= 11 is 0. The van der Waals surface area contributed by atoms with Gasteiger partial charge in [-0.05, 0) is 49.7 Å². The minimum atomic E-state index is 0.173. The van der Waals surface area contributed by atoms with Crippen LogP contribution in [0.1, 0.15) is 25.5 Å². The van der Waals surface area contributed by atoms with Crippen molar-refractivity contribution in [1.82, 2.24) is 4.98 Å². The van der Waals surface area contributed by atoms with E-state index in [1.165, 1.54) is 0 Å². The van der Waals surface area contributed by atoms with Gasteiger partial charge in [0.25, 0.3) is 0 Å². The van der Waals surface area contributed by atoms with E-state index in [2.05, 4.69) is 59.4 Å². The largest absolute Gasteiger partial charge is 0.395 e. The van der Waals surface area contributed by atoms with Crippen molar-refractivity contribution in [2.75, 3.05) is 29.9 Å². The molecule has 0 aliphatic carbocycles. The van der Waals surface area contributed by atoms with Gasteiger partial charge < -0.3 is 15.3 Å². The summed E-state index contributed by atoms with van der Waals surface area (Å²) in [5.41, 5.74) is 3.37. The lowest BCUT2D eigenvalue weighted by molar-refractivity contribution is 0.302. The fourth-order valence-electron chi connectivity index (χ4n) is 2.32. The molecule has 2 rings (SSSR count). The predicted octanol–water partition coefficient (Wildman–Crippen LogP) is 3.07. The number of nitrogens with zero attached hydrogens (tertiary/aromatic N) is 2. The minimum Gasteiger partial charge on any atom is -0.395 e. The fourth-order valence-corrected chi connectivity index (χ4v) is 2.32. The standard InChI is InChI=1S/C17H23N3O/c1-3-20(11-12-21)17-8-6-16(7-9-17)19-14(2)15-5-4-10-18-13-15/h4-10,13-14,19,21H,3,11-12H2,1-2H3. The molecule has 21 heavy (non-hydrogen) atoms. The molecule has 0 fully saturated rings. The molecule has 4 heteroatoms. The van der Waals surface area contributed by atoms with Crippen molar-refractivity contribution in [2.24, 2.45) is 0 Å². The Morgan fingerprint density at radius 1 is 1.24 bits per heavy atom. The average molecular weight is 285 g/mol. The Balaban J connectivity index is 2.02. The molecule has 0 saturated heterocycles. The zero-order valence-electron chi connectivity index (χ0n) is 12.7. The van der Waals surface area contributed by atoms with Crippen LogP contribution in [0.3, 0.4) is 0 Å². The zero-order valence-corrected chi connectivity index (χ0v) is 12.7. The smallest absolute Gasteiger partial charge is 0.0606 e. The number of pyridine rings is 1. The number of nitrogens with one attached hydrogen (secondary N) is 1. The van der Waals surface area contributed by atoms with E-state index in [1.807, 2.05) is 12.3 Å². The molecule has 1 aromatic carbocycles. The van der Waals surface area contributed by atoms with Crippen molar-refractivity contribution in [2.45, 2.75) is 19.9 Å². The van der Waals surface area contributed by atoms with E-state index in [0.717, 1.165) is 23.5 Å². The number of hydrogen-bond donors (Lipinski definition) is 2. The summed E-state index contributed by atoms with van der Waals surface area (Å²) in [4.78, 5) is 6.29. The van der Waals surface area contributed by atoms with Crippen molar-refractivity contribution in [3.05, 3.63) is 54.4 Å². The second-order valence-electron chi connectivity index (χ2n) is 5.00. The molecule has 1 heterocycles. The molecule has 1 unspecified atom stereocenters. The van der Waals surface area contributed by atoms with Crippen molar-refractivity contribution in [1.29, 1.82) is 0 Å². The normalized spacial score (nSPS) is 12.0. The molecule has 0 spiro atoms. The number of aliphatic hydroxyl groups excluding tert-OH is 1. The second-order valence-corrected chi connectivity index (χ2v) is 5.00. The van der Waals surface area contributed by atoms with Crippen molar-refractivity contribution in [3.8, 4) is 0 Å². The Kier molecular flexibility index (Phi) is 5.58. The van der Waals surface area contributed by atoms with E-state index >= 15 is 0 Å². The molecule has 0 aliphatic rings. The number of likely N-dealkylation sites (N-methyl/N-ethyl adjacent to an activating group) is 1. The number of aromatic nitrogens is 1. The van der Waals surface area contributed by atoms with E-state index in [0.29, 0.717) is 6.54 Å². The van der Waals surface area contributed by atoms with Gasteiger partial charge in [0.1, 0.15) is 0 Å². The van der Waals surface area contributed by atoms with Crippen LogP contribution in [0.15, 0.2) is 48.8 Å². The summed E-state index contributed by atoms with van der Waals surface area (Å²) in [6.45, 7) is 5.93. The van der Waals surface area contributed by atoms with Gasteiger partial charge in [0.15, 0.2) is 0 Å². The molecule has 0 radical (unpaired) electrons. The monoisotopic (exact) mass is 285 g/mol. The lowest BCUT2D eigenvalue weighted by Gasteiger charge is -2.22. The topological polar surface area (TPSA) is 48.4 Å². The summed E-state index contributed by atoms with van der Waals surface area (Å²) in [6.07, 6.45) is 3.66. The highest BCUT2D eigenvalue weighted by molar-refractivity contribution is 5.55. The van der Waals surface area contributed by atoms with E-state index in [1.54, 1.807) is 6.20 Å². The molecular weight excluding hydrogens is 262 g/mol. The SMILES string of the molecule is CCN(CCO)c1ccc(NC(C)c2cccnc2)cc1. The molecule has 1 atom stereocenters. The molecular formula is C17H23N3O. The average Bonchev–Trinajstić information content (AvgIpc) is 2.54. The maximum atomic E-state index is 9.07. The van der Waals surface area contributed by atoms with E-state index in [-0.39, 0.29) is 12.6 Å². The van der Waals surface area contributed by atoms with Gasteiger partial charge in [0.05, 0.1) is 12.6 Å². The summed E-state index contributed by atoms with van der Waals surface area (Å²) in [5.74, 6) is 0. The van der Waals surface area contributed by atoms with Crippen LogP contribution in [0.25, 0.3) is 0 Å². The number of benzene rings is 1.